The van der Waals surface area contributed by atoms with Gasteiger partial charge >= 0.3 is 0 Å². The summed E-state index contributed by atoms with van der Waals surface area (Å²) < 4.78 is 0. The number of aromatic hydroxyl groups is 1. The molecule has 1 aromatic rings. The van der Waals surface area contributed by atoms with Gasteiger partial charge in [0.1, 0.15) is 5.75 Å². The lowest BCUT2D eigenvalue weighted by molar-refractivity contribution is 0.151. The minimum Gasteiger partial charge on any atom is -0.508 e. The third kappa shape index (κ3) is 5.24. The van der Waals surface area contributed by atoms with E-state index >= 15 is 0 Å². The van der Waals surface area contributed by atoms with Gasteiger partial charge in [-0.1, -0.05) is 71.4 Å². The molecule has 2 N–H and O–H groups in total. The van der Waals surface area contributed by atoms with E-state index in [0.717, 1.165) is 44.1 Å². The highest BCUT2D eigenvalue weighted by Crippen LogP contribution is 2.39. The second-order valence-corrected chi connectivity index (χ2v) is 8.34. The Bertz CT molecular complexity index is 507. The van der Waals surface area contributed by atoms with E-state index in [1.165, 1.54) is 31.2 Å². The van der Waals surface area contributed by atoms with Crippen LogP contribution in [0.1, 0.15) is 102 Å². The van der Waals surface area contributed by atoms with Crippen molar-refractivity contribution in [1.82, 2.24) is 0 Å². The average molecular weight is 333 g/mol. The predicted molar refractivity (Wildman–Crippen MR) is 102 cm³/mol. The summed E-state index contributed by atoms with van der Waals surface area (Å²) in [6.07, 6.45) is 11.1. The third-order valence-electron chi connectivity index (χ3n) is 5.80. The van der Waals surface area contributed by atoms with Crippen molar-refractivity contribution in [3.8, 4) is 5.75 Å². The Labute approximate surface area is 148 Å². The van der Waals surface area contributed by atoms with Crippen molar-refractivity contribution in [2.24, 2.45) is 0 Å². The van der Waals surface area contributed by atoms with E-state index in [2.05, 4.69) is 32.9 Å². The van der Waals surface area contributed by atoms with E-state index in [4.69, 9.17) is 0 Å². The fraction of sp³-hybridized carbons (Fsp3) is 0.727. The van der Waals surface area contributed by atoms with Crippen molar-refractivity contribution in [3.05, 3.63) is 29.3 Å². The molecule has 0 unspecified atom stereocenters. The maximum Gasteiger partial charge on any atom is 0.119 e. The van der Waals surface area contributed by atoms with Gasteiger partial charge in [-0.3, -0.25) is 0 Å². The van der Waals surface area contributed by atoms with Crippen LogP contribution >= 0.6 is 0 Å². The summed E-state index contributed by atoms with van der Waals surface area (Å²) in [6, 6.07) is 6.29. The van der Waals surface area contributed by atoms with Gasteiger partial charge < -0.3 is 10.2 Å². The Hall–Kier alpha value is -1.02. The fourth-order valence-electron chi connectivity index (χ4n) is 4.07. The molecule has 0 aliphatic heterocycles. The van der Waals surface area contributed by atoms with Crippen molar-refractivity contribution in [2.45, 2.75) is 102 Å². The zero-order valence-electron chi connectivity index (χ0n) is 15.9. The first-order valence-electron chi connectivity index (χ1n) is 9.95. The topological polar surface area (TPSA) is 40.5 Å². The van der Waals surface area contributed by atoms with E-state index in [1.54, 1.807) is 0 Å². The summed E-state index contributed by atoms with van der Waals surface area (Å²) in [5.74, 6) is 0.720. The molecule has 24 heavy (non-hydrogen) atoms. The zero-order valence-corrected chi connectivity index (χ0v) is 15.9. The quantitative estimate of drug-likeness (QED) is 0.471. The lowest BCUT2D eigenvalue weighted by Crippen LogP contribution is -2.17. The summed E-state index contributed by atoms with van der Waals surface area (Å²) in [4.78, 5) is 0. The SMILES string of the molecule is CCCCCCC(C)(C)c1ccc([C@@H]2CCCC[C@@H](O)C2)c(O)c1. The smallest absolute Gasteiger partial charge is 0.119 e. The first kappa shape index (κ1) is 19.3. The van der Waals surface area contributed by atoms with Gasteiger partial charge in [0.25, 0.3) is 0 Å². The number of unbranched alkanes of at least 4 members (excludes halogenated alkanes) is 3. The highest BCUT2D eigenvalue weighted by Gasteiger charge is 2.25. The Kier molecular flexibility index (Phi) is 7.16. The number of rotatable bonds is 7. The second-order valence-electron chi connectivity index (χ2n) is 8.34. The summed E-state index contributed by atoms with van der Waals surface area (Å²) in [6.45, 7) is 6.80. The molecule has 0 spiro atoms. The molecule has 0 bridgehead atoms. The third-order valence-corrected chi connectivity index (χ3v) is 5.80. The maximum atomic E-state index is 10.6. The van der Waals surface area contributed by atoms with Crippen molar-refractivity contribution in [3.63, 3.8) is 0 Å². The molecule has 1 aromatic carbocycles. The molecule has 2 rings (SSSR count). The Morgan fingerprint density at radius 1 is 1.08 bits per heavy atom. The van der Waals surface area contributed by atoms with Crippen LogP contribution in [0, 0.1) is 0 Å². The molecule has 1 aliphatic carbocycles. The fourth-order valence-corrected chi connectivity index (χ4v) is 4.07. The molecular formula is C22H36O2. The van der Waals surface area contributed by atoms with Gasteiger partial charge in [-0.05, 0) is 54.2 Å². The van der Waals surface area contributed by atoms with Crippen molar-refractivity contribution in [2.75, 3.05) is 0 Å². The van der Waals surface area contributed by atoms with Crippen LogP contribution in [0.2, 0.25) is 0 Å². The second kappa shape index (κ2) is 8.89. The lowest BCUT2D eigenvalue weighted by Gasteiger charge is -2.27. The summed E-state index contributed by atoms with van der Waals surface area (Å²) in [5, 5.41) is 20.7. The Morgan fingerprint density at radius 3 is 2.54 bits per heavy atom. The van der Waals surface area contributed by atoms with Gasteiger partial charge in [-0.2, -0.15) is 0 Å². The molecule has 1 saturated carbocycles. The van der Waals surface area contributed by atoms with Crippen LogP contribution in [-0.4, -0.2) is 16.3 Å². The summed E-state index contributed by atoms with van der Waals surface area (Å²) >= 11 is 0. The summed E-state index contributed by atoms with van der Waals surface area (Å²) in [7, 11) is 0. The van der Waals surface area contributed by atoms with Gasteiger partial charge in [0.15, 0.2) is 0 Å². The molecule has 1 aliphatic rings. The number of aliphatic hydroxyl groups is 1. The molecule has 2 nitrogen and oxygen atoms in total. The van der Waals surface area contributed by atoms with Crippen molar-refractivity contribution < 1.29 is 10.2 Å². The molecule has 0 saturated heterocycles. The number of phenolic OH excluding ortho intramolecular Hbond substituents is 1. The molecule has 0 amide bonds. The molecule has 0 aromatic heterocycles. The van der Waals surface area contributed by atoms with Gasteiger partial charge in [0, 0.05) is 0 Å². The highest BCUT2D eigenvalue weighted by atomic mass is 16.3. The Balaban J connectivity index is 2.07. The number of benzene rings is 1. The first-order chi connectivity index (χ1) is 11.4. The molecular weight excluding hydrogens is 296 g/mol. The van der Waals surface area contributed by atoms with Crippen LogP contribution in [0.5, 0.6) is 5.75 Å². The monoisotopic (exact) mass is 332 g/mol. The van der Waals surface area contributed by atoms with Crippen LogP contribution in [0.25, 0.3) is 0 Å². The van der Waals surface area contributed by atoms with E-state index in [1.807, 2.05) is 6.07 Å². The van der Waals surface area contributed by atoms with E-state index in [-0.39, 0.29) is 11.5 Å². The van der Waals surface area contributed by atoms with Crippen LogP contribution in [0.15, 0.2) is 18.2 Å². The largest absolute Gasteiger partial charge is 0.508 e. The van der Waals surface area contributed by atoms with E-state index in [0.29, 0.717) is 11.7 Å². The van der Waals surface area contributed by atoms with Crippen LogP contribution in [-0.2, 0) is 5.41 Å². The van der Waals surface area contributed by atoms with E-state index < -0.39 is 0 Å². The lowest BCUT2D eigenvalue weighted by atomic mass is 9.78. The molecule has 2 heteroatoms. The first-order valence-corrected chi connectivity index (χ1v) is 9.95. The van der Waals surface area contributed by atoms with Crippen LogP contribution in [0.3, 0.4) is 0 Å². The van der Waals surface area contributed by atoms with Crippen molar-refractivity contribution >= 4 is 0 Å². The van der Waals surface area contributed by atoms with Crippen LogP contribution in [0.4, 0.5) is 0 Å². The van der Waals surface area contributed by atoms with Gasteiger partial charge in [0.2, 0.25) is 0 Å². The highest BCUT2D eigenvalue weighted by molar-refractivity contribution is 5.41. The number of phenols is 1. The maximum absolute atomic E-state index is 10.6. The van der Waals surface area contributed by atoms with Crippen LogP contribution < -0.4 is 0 Å². The normalized spacial score (nSPS) is 22.3. The molecule has 136 valence electrons. The van der Waals surface area contributed by atoms with Gasteiger partial charge in [0.05, 0.1) is 6.10 Å². The molecule has 1 fully saturated rings. The van der Waals surface area contributed by atoms with E-state index in [9.17, 15) is 10.2 Å². The Morgan fingerprint density at radius 2 is 1.83 bits per heavy atom. The number of hydrogen-bond acceptors (Lipinski definition) is 2. The molecule has 2 atom stereocenters. The number of hydrogen-bond donors (Lipinski definition) is 2. The number of aliphatic hydroxyl groups excluding tert-OH is 1. The van der Waals surface area contributed by atoms with Crippen molar-refractivity contribution in [1.29, 1.82) is 0 Å². The average Bonchev–Trinajstić information content (AvgIpc) is 2.76. The molecule has 0 radical (unpaired) electrons. The van der Waals surface area contributed by atoms with Gasteiger partial charge in [-0.25, -0.2) is 0 Å². The predicted octanol–water partition coefficient (Wildman–Crippen LogP) is 6.05. The standard InChI is InChI=1S/C22H36O2/c1-4-5-6-9-14-22(2,3)18-12-13-20(21(24)16-18)17-10-7-8-11-19(23)15-17/h12-13,16-17,19,23-24H,4-11,14-15H2,1-3H3/t17-,19-/m1/s1. The minimum absolute atomic E-state index is 0.104. The zero-order chi connectivity index (χ0) is 17.6. The minimum atomic E-state index is -0.216. The summed E-state index contributed by atoms with van der Waals surface area (Å²) in [5.41, 5.74) is 2.36. The molecule has 0 heterocycles. The van der Waals surface area contributed by atoms with Gasteiger partial charge in [-0.15, -0.1) is 0 Å².